The van der Waals surface area contributed by atoms with Gasteiger partial charge in [0.05, 0.1) is 17.3 Å². The van der Waals surface area contributed by atoms with Crippen molar-refractivity contribution >= 4 is 34.7 Å². The minimum absolute atomic E-state index is 0.0214. The van der Waals surface area contributed by atoms with Crippen LogP contribution in [0.5, 0.6) is 0 Å². The number of aromatic nitrogens is 1. The molecule has 3 aliphatic rings. The zero-order chi connectivity index (χ0) is 23.2. The smallest absolute Gasteiger partial charge is 0.411 e. The first-order chi connectivity index (χ1) is 16.6. The lowest BCUT2D eigenvalue weighted by molar-refractivity contribution is -0.129. The Morgan fingerprint density at radius 3 is 2.82 bits per heavy atom. The van der Waals surface area contributed by atoms with Crippen molar-refractivity contribution in [2.75, 3.05) is 18.8 Å². The highest BCUT2D eigenvalue weighted by molar-refractivity contribution is 8.00. The van der Waals surface area contributed by atoms with E-state index in [0.717, 1.165) is 29.5 Å². The molecule has 0 radical (unpaired) electrons. The molecule has 2 aromatic carbocycles. The van der Waals surface area contributed by atoms with E-state index in [0.29, 0.717) is 18.6 Å². The minimum Gasteiger partial charge on any atom is -0.443 e. The SMILES string of the molecule is O=C(CSc1ccnc2ccc(F)cc12)N1CCC(N2C(=O)OC3Cc4ccccc4C32)CC1. The monoisotopic (exact) mass is 477 g/mol. The highest BCUT2D eigenvalue weighted by Gasteiger charge is 2.50. The number of fused-ring (bicyclic) bond motifs is 4. The van der Waals surface area contributed by atoms with E-state index in [9.17, 15) is 14.0 Å². The van der Waals surface area contributed by atoms with Crippen molar-refractivity contribution in [3.63, 3.8) is 0 Å². The predicted octanol–water partition coefficient (Wildman–Crippen LogP) is 4.58. The van der Waals surface area contributed by atoms with Crippen LogP contribution in [0.3, 0.4) is 0 Å². The van der Waals surface area contributed by atoms with Gasteiger partial charge in [-0.1, -0.05) is 24.3 Å². The normalized spacial score (nSPS) is 22.1. The summed E-state index contributed by atoms with van der Waals surface area (Å²) in [6.45, 7) is 1.22. The molecule has 2 fully saturated rings. The number of hydrogen-bond donors (Lipinski definition) is 0. The Kier molecular flexibility index (Phi) is 5.40. The van der Waals surface area contributed by atoms with Gasteiger partial charge in [-0.2, -0.15) is 0 Å². The maximum atomic E-state index is 13.7. The number of amides is 2. The van der Waals surface area contributed by atoms with E-state index in [-0.39, 0.29) is 41.8 Å². The summed E-state index contributed by atoms with van der Waals surface area (Å²) in [7, 11) is 0. The summed E-state index contributed by atoms with van der Waals surface area (Å²) in [5.41, 5.74) is 3.15. The molecule has 3 aromatic rings. The number of carbonyl (C=O) groups excluding carboxylic acids is 2. The van der Waals surface area contributed by atoms with Crippen LogP contribution in [0.25, 0.3) is 10.9 Å². The lowest BCUT2D eigenvalue weighted by Crippen LogP contribution is -2.48. The average molecular weight is 478 g/mol. The van der Waals surface area contributed by atoms with Crippen LogP contribution in [-0.2, 0) is 16.0 Å². The molecular formula is C26H24FN3O3S. The molecule has 2 atom stereocenters. The van der Waals surface area contributed by atoms with E-state index in [1.165, 1.54) is 35.0 Å². The summed E-state index contributed by atoms with van der Waals surface area (Å²) in [4.78, 5) is 34.5. The fourth-order valence-electron chi connectivity index (χ4n) is 5.50. The van der Waals surface area contributed by atoms with Gasteiger partial charge in [-0.25, -0.2) is 9.18 Å². The molecule has 6 nitrogen and oxygen atoms in total. The number of carbonyl (C=O) groups is 2. The second kappa shape index (κ2) is 8.58. The Bertz CT molecular complexity index is 1280. The molecule has 34 heavy (non-hydrogen) atoms. The molecule has 1 aliphatic carbocycles. The molecule has 6 rings (SSSR count). The van der Waals surface area contributed by atoms with E-state index in [2.05, 4.69) is 17.1 Å². The Morgan fingerprint density at radius 1 is 1.15 bits per heavy atom. The van der Waals surface area contributed by atoms with E-state index in [4.69, 9.17) is 4.74 Å². The van der Waals surface area contributed by atoms with Crippen LogP contribution in [0.15, 0.2) is 59.6 Å². The first kappa shape index (κ1) is 21.4. The van der Waals surface area contributed by atoms with Crippen molar-refractivity contribution in [1.29, 1.82) is 0 Å². The Labute approximate surface area is 201 Å². The Morgan fingerprint density at radius 2 is 1.97 bits per heavy atom. The number of benzene rings is 2. The number of nitrogens with zero attached hydrogens (tertiary/aromatic N) is 3. The largest absolute Gasteiger partial charge is 0.443 e. The van der Waals surface area contributed by atoms with Crippen molar-refractivity contribution in [1.82, 2.24) is 14.8 Å². The zero-order valence-corrected chi connectivity index (χ0v) is 19.3. The molecule has 2 amide bonds. The zero-order valence-electron chi connectivity index (χ0n) is 18.5. The minimum atomic E-state index is -0.316. The summed E-state index contributed by atoms with van der Waals surface area (Å²) in [6.07, 6.45) is 3.58. The first-order valence-corrected chi connectivity index (χ1v) is 12.6. The van der Waals surface area contributed by atoms with Gasteiger partial charge in [-0.05, 0) is 48.2 Å². The number of halogens is 1. The molecule has 2 unspecified atom stereocenters. The number of pyridine rings is 1. The van der Waals surface area contributed by atoms with Gasteiger partial charge in [0.1, 0.15) is 11.9 Å². The fourth-order valence-corrected chi connectivity index (χ4v) is 6.43. The van der Waals surface area contributed by atoms with Crippen molar-refractivity contribution in [3.05, 3.63) is 71.7 Å². The number of ether oxygens (including phenoxy) is 1. The van der Waals surface area contributed by atoms with Crippen LogP contribution < -0.4 is 0 Å². The lowest BCUT2D eigenvalue weighted by atomic mass is 9.99. The van der Waals surface area contributed by atoms with Gasteiger partial charge in [-0.3, -0.25) is 14.7 Å². The Balaban J connectivity index is 1.09. The highest BCUT2D eigenvalue weighted by atomic mass is 32.2. The summed E-state index contributed by atoms with van der Waals surface area (Å²) >= 11 is 1.41. The van der Waals surface area contributed by atoms with Gasteiger partial charge in [0.25, 0.3) is 0 Å². The van der Waals surface area contributed by atoms with Crippen molar-refractivity contribution < 1.29 is 18.7 Å². The molecule has 0 bridgehead atoms. The summed E-state index contributed by atoms with van der Waals surface area (Å²) in [6, 6.07) is 14.6. The van der Waals surface area contributed by atoms with Crippen LogP contribution in [-0.4, -0.2) is 57.8 Å². The third-order valence-corrected chi connectivity index (χ3v) is 8.19. The van der Waals surface area contributed by atoms with Gasteiger partial charge in [-0.15, -0.1) is 11.8 Å². The van der Waals surface area contributed by atoms with Crippen LogP contribution in [0, 0.1) is 5.82 Å². The van der Waals surface area contributed by atoms with Crippen LogP contribution in [0.1, 0.15) is 30.0 Å². The molecule has 0 saturated carbocycles. The van der Waals surface area contributed by atoms with E-state index >= 15 is 0 Å². The number of piperidine rings is 1. The molecule has 174 valence electrons. The topological polar surface area (TPSA) is 62.7 Å². The fraction of sp³-hybridized carbons (Fsp3) is 0.346. The maximum Gasteiger partial charge on any atom is 0.411 e. The number of likely N-dealkylation sites (tertiary alicyclic amines) is 1. The molecular weight excluding hydrogens is 453 g/mol. The highest BCUT2D eigenvalue weighted by Crippen LogP contribution is 2.44. The first-order valence-electron chi connectivity index (χ1n) is 11.6. The predicted molar refractivity (Wildman–Crippen MR) is 127 cm³/mol. The second-order valence-corrected chi connectivity index (χ2v) is 10.1. The van der Waals surface area contributed by atoms with Crippen molar-refractivity contribution in [2.24, 2.45) is 0 Å². The van der Waals surface area contributed by atoms with Crippen molar-refractivity contribution in [3.8, 4) is 0 Å². The van der Waals surface area contributed by atoms with E-state index in [1.54, 1.807) is 12.3 Å². The van der Waals surface area contributed by atoms with Gasteiger partial charge in [0, 0.05) is 42.0 Å². The third-order valence-electron chi connectivity index (χ3n) is 7.14. The number of rotatable bonds is 4. The van der Waals surface area contributed by atoms with Crippen LogP contribution in [0.4, 0.5) is 9.18 Å². The van der Waals surface area contributed by atoms with Gasteiger partial charge in [0.15, 0.2) is 0 Å². The van der Waals surface area contributed by atoms with Gasteiger partial charge >= 0.3 is 6.09 Å². The van der Waals surface area contributed by atoms with E-state index in [1.807, 2.05) is 28.0 Å². The summed E-state index contributed by atoms with van der Waals surface area (Å²) in [5, 5.41) is 0.720. The molecule has 0 spiro atoms. The standard InChI is InChI=1S/C26H24FN3O3S/c27-17-5-6-21-20(14-17)23(7-10-28-21)34-15-24(31)29-11-8-18(9-12-29)30-25-19-4-2-1-3-16(19)13-22(25)33-26(30)32/h1-7,10,14,18,22,25H,8-9,11-13,15H2. The number of thioether (sulfide) groups is 1. The maximum absolute atomic E-state index is 13.7. The lowest BCUT2D eigenvalue weighted by Gasteiger charge is -2.38. The quantitative estimate of drug-likeness (QED) is 0.515. The molecule has 2 saturated heterocycles. The van der Waals surface area contributed by atoms with E-state index < -0.39 is 0 Å². The summed E-state index contributed by atoms with van der Waals surface area (Å²) in [5.74, 6) is 0.0191. The van der Waals surface area contributed by atoms with Crippen LogP contribution >= 0.6 is 11.8 Å². The molecule has 3 heterocycles. The van der Waals surface area contributed by atoms with Crippen LogP contribution in [0.2, 0.25) is 0 Å². The molecule has 1 aromatic heterocycles. The molecule has 2 aliphatic heterocycles. The molecule has 0 N–H and O–H groups in total. The van der Waals surface area contributed by atoms with Crippen molar-refractivity contribution in [2.45, 2.75) is 42.3 Å². The second-order valence-electron chi connectivity index (χ2n) is 9.05. The number of hydrogen-bond acceptors (Lipinski definition) is 5. The third kappa shape index (κ3) is 3.70. The molecule has 8 heteroatoms. The summed E-state index contributed by atoms with van der Waals surface area (Å²) < 4.78 is 19.4. The average Bonchev–Trinajstić information content (AvgIpc) is 3.36. The Hall–Kier alpha value is -3.13. The van der Waals surface area contributed by atoms with Gasteiger partial charge < -0.3 is 9.64 Å². The van der Waals surface area contributed by atoms with Gasteiger partial charge in [0.2, 0.25) is 5.91 Å².